The van der Waals surface area contributed by atoms with Crippen LogP contribution < -0.4 is 5.32 Å². The van der Waals surface area contributed by atoms with Crippen LogP contribution in [0.25, 0.3) is 0 Å². The molecule has 108 valence electrons. The van der Waals surface area contributed by atoms with E-state index in [-0.39, 0.29) is 11.9 Å². The lowest BCUT2D eigenvalue weighted by Gasteiger charge is -2.14. The Hall–Kier alpha value is -1.49. The monoisotopic (exact) mass is 338 g/mol. The van der Waals surface area contributed by atoms with Crippen LogP contribution in [0.1, 0.15) is 36.5 Å². The van der Waals surface area contributed by atoms with Crippen molar-refractivity contribution in [3.05, 3.63) is 46.6 Å². The third-order valence-electron chi connectivity index (χ3n) is 3.22. The van der Waals surface area contributed by atoms with Crippen LogP contribution in [0.5, 0.6) is 0 Å². The van der Waals surface area contributed by atoms with Gasteiger partial charge < -0.3 is 14.3 Å². The summed E-state index contributed by atoms with van der Waals surface area (Å²) in [4.78, 5) is 12.2. The lowest BCUT2D eigenvalue weighted by molar-refractivity contribution is 0.0929. The van der Waals surface area contributed by atoms with Crippen LogP contribution in [0.2, 0.25) is 0 Å². The van der Waals surface area contributed by atoms with Crippen molar-refractivity contribution in [3.63, 3.8) is 0 Å². The van der Waals surface area contributed by atoms with Crippen LogP contribution in [0.3, 0.4) is 0 Å². The summed E-state index contributed by atoms with van der Waals surface area (Å²) in [5.74, 6) is 0.912. The Balaban J connectivity index is 1.90. The molecule has 0 fully saturated rings. The minimum absolute atomic E-state index is 0.0375. The quantitative estimate of drug-likeness (QED) is 0.874. The van der Waals surface area contributed by atoms with Crippen LogP contribution in [-0.2, 0) is 13.0 Å². The molecule has 4 nitrogen and oxygen atoms in total. The van der Waals surface area contributed by atoms with Gasteiger partial charge in [-0.3, -0.25) is 4.79 Å². The Morgan fingerprint density at radius 1 is 1.55 bits per heavy atom. The van der Waals surface area contributed by atoms with Crippen molar-refractivity contribution in [2.75, 3.05) is 0 Å². The molecule has 2 aromatic rings. The summed E-state index contributed by atoms with van der Waals surface area (Å²) in [5, 5.41) is 3.02. The highest BCUT2D eigenvalue weighted by atomic mass is 79.9. The highest BCUT2D eigenvalue weighted by Gasteiger charge is 2.14. The number of carbonyl (C=O) groups excluding carboxylic acids is 1. The van der Waals surface area contributed by atoms with Gasteiger partial charge in [0.2, 0.25) is 0 Å². The van der Waals surface area contributed by atoms with Crippen molar-refractivity contribution in [2.45, 2.75) is 39.3 Å². The fourth-order valence-electron chi connectivity index (χ4n) is 2.11. The Labute approximate surface area is 127 Å². The zero-order valence-corrected chi connectivity index (χ0v) is 13.3. The van der Waals surface area contributed by atoms with Gasteiger partial charge in [-0.25, -0.2) is 0 Å². The van der Waals surface area contributed by atoms with E-state index in [1.807, 2.05) is 42.8 Å². The van der Waals surface area contributed by atoms with Gasteiger partial charge >= 0.3 is 0 Å². The van der Waals surface area contributed by atoms with E-state index in [2.05, 4.69) is 21.2 Å². The zero-order valence-electron chi connectivity index (χ0n) is 11.7. The first-order valence-corrected chi connectivity index (χ1v) is 7.58. The highest BCUT2D eigenvalue weighted by molar-refractivity contribution is 9.10. The van der Waals surface area contributed by atoms with Gasteiger partial charge in [-0.2, -0.15) is 0 Å². The Bertz CT molecular complexity index is 560. The molecule has 0 radical (unpaired) electrons. The van der Waals surface area contributed by atoms with Crippen LogP contribution in [0, 0.1) is 0 Å². The van der Waals surface area contributed by atoms with Crippen molar-refractivity contribution < 1.29 is 9.21 Å². The number of hydrogen-bond acceptors (Lipinski definition) is 2. The van der Waals surface area contributed by atoms with Gasteiger partial charge in [0.05, 0.1) is 6.26 Å². The summed E-state index contributed by atoms with van der Waals surface area (Å²) in [5.41, 5.74) is 0.684. The van der Waals surface area contributed by atoms with E-state index >= 15 is 0 Å². The first-order chi connectivity index (χ1) is 9.60. The second-order valence-electron chi connectivity index (χ2n) is 4.82. The maximum Gasteiger partial charge on any atom is 0.268 e. The SMILES string of the molecule is CCn1cc(Br)cc1C(=O)NC(C)CCc1ccco1. The molecule has 0 aliphatic rings. The molecular formula is C15H19BrN2O2. The number of nitrogens with one attached hydrogen (secondary N) is 1. The number of aromatic nitrogens is 1. The van der Waals surface area contributed by atoms with E-state index in [1.54, 1.807) is 6.26 Å². The Morgan fingerprint density at radius 3 is 3.00 bits per heavy atom. The van der Waals surface area contributed by atoms with Crippen molar-refractivity contribution in [1.29, 1.82) is 0 Å². The lowest BCUT2D eigenvalue weighted by Crippen LogP contribution is -2.34. The number of rotatable bonds is 6. The lowest BCUT2D eigenvalue weighted by atomic mass is 10.1. The third-order valence-corrected chi connectivity index (χ3v) is 3.65. The zero-order chi connectivity index (χ0) is 14.5. The maximum absolute atomic E-state index is 12.2. The largest absolute Gasteiger partial charge is 0.469 e. The molecular weight excluding hydrogens is 320 g/mol. The molecule has 0 bridgehead atoms. The van der Waals surface area contributed by atoms with Crippen molar-refractivity contribution in [3.8, 4) is 0 Å². The van der Waals surface area contributed by atoms with Crippen LogP contribution >= 0.6 is 15.9 Å². The van der Waals surface area contributed by atoms with E-state index in [1.165, 1.54) is 0 Å². The molecule has 1 unspecified atom stereocenters. The van der Waals surface area contributed by atoms with Gasteiger partial charge in [0, 0.05) is 29.7 Å². The summed E-state index contributed by atoms with van der Waals surface area (Å²) < 4.78 is 8.14. The van der Waals surface area contributed by atoms with Gasteiger partial charge in [-0.05, 0) is 54.4 Å². The van der Waals surface area contributed by atoms with Crippen molar-refractivity contribution in [1.82, 2.24) is 9.88 Å². The molecule has 1 amide bonds. The number of carbonyl (C=O) groups is 1. The first kappa shape index (κ1) is 14.9. The first-order valence-electron chi connectivity index (χ1n) is 6.79. The minimum Gasteiger partial charge on any atom is -0.469 e. The molecule has 0 aromatic carbocycles. The normalized spacial score (nSPS) is 12.3. The molecule has 0 saturated heterocycles. The fraction of sp³-hybridized carbons (Fsp3) is 0.400. The number of nitrogens with zero attached hydrogens (tertiary/aromatic N) is 1. The maximum atomic E-state index is 12.2. The van der Waals surface area contributed by atoms with Crippen molar-refractivity contribution in [2.24, 2.45) is 0 Å². The molecule has 0 aliphatic heterocycles. The summed E-state index contributed by atoms with van der Waals surface area (Å²) >= 11 is 3.40. The summed E-state index contributed by atoms with van der Waals surface area (Å²) in [6.45, 7) is 4.80. The number of halogens is 1. The number of aryl methyl sites for hydroxylation is 2. The van der Waals surface area contributed by atoms with Gasteiger partial charge in [-0.15, -0.1) is 0 Å². The molecule has 2 rings (SSSR count). The molecule has 2 heterocycles. The van der Waals surface area contributed by atoms with E-state index in [4.69, 9.17) is 4.42 Å². The summed E-state index contributed by atoms with van der Waals surface area (Å²) in [6, 6.07) is 5.78. The average Bonchev–Trinajstić information content (AvgIpc) is 3.05. The molecule has 1 atom stereocenters. The van der Waals surface area contributed by atoms with Crippen molar-refractivity contribution >= 4 is 21.8 Å². The smallest absolute Gasteiger partial charge is 0.268 e. The van der Waals surface area contributed by atoms with E-state index in [0.29, 0.717) is 5.69 Å². The Kier molecular flexibility index (Phi) is 5.06. The molecule has 2 aromatic heterocycles. The standard InChI is InChI=1S/C15H19BrN2O2/c1-3-18-10-12(16)9-14(18)15(19)17-11(2)6-7-13-5-4-8-20-13/h4-5,8-11H,3,6-7H2,1-2H3,(H,17,19). The number of furan rings is 1. The van der Waals surface area contributed by atoms with Gasteiger partial charge in [-0.1, -0.05) is 0 Å². The minimum atomic E-state index is -0.0375. The predicted octanol–water partition coefficient (Wildman–Crippen LogP) is 3.61. The molecule has 1 N–H and O–H groups in total. The average molecular weight is 339 g/mol. The van der Waals surface area contributed by atoms with E-state index in [0.717, 1.165) is 29.6 Å². The molecule has 0 aliphatic carbocycles. The van der Waals surface area contributed by atoms with Gasteiger partial charge in [0.1, 0.15) is 11.5 Å². The molecule has 0 saturated carbocycles. The van der Waals surface area contributed by atoms with E-state index < -0.39 is 0 Å². The molecule has 0 spiro atoms. The van der Waals surface area contributed by atoms with Crippen LogP contribution in [0.15, 0.2) is 39.5 Å². The summed E-state index contributed by atoms with van der Waals surface area (Å²) in [7, 11) is 0. The topological polar surface area (TPSA) is 47.2 Å². The van der Waals surface area contributed by atoms with Gasteiger partial charge in [0.15, 0.2) is 0 Å². The summed E-state index contributed by atoms with van der Waals surface area (Å²) in [6.07, 6.45) is 5.27. The molecule has 20 heavy (non-hydrogen) atoms. The second kappa shape index (κ2) is 6.79. The highest BCUT2D eigenvalue weighted by Crippen LogP contribution is 2.15. The fourth-order valence-corrected chi connectivity index (χ4v) is 2.57. The third kappa shape index (κ3) is 3.76. The van der Waals surface area contributed by atoms with Gasteiger partial charge in [0.25, 0.3) is 5.91 Å². The number of hydrogen-bond donors (Lipinski definition) is 1. The van der Waals surface area contributed by atoms with Crippen LogP contribution in [-0.4, -0.2) is 16.5 Å². The van der Waals surface area contributed by atoms with E-state index in [9.17, 15) is 4.79 Å². The second-order valence-corrected chi connectivity index (χ2v) is 5.74. The molecule has 5 heteroatoms. The Morgan fingerprint density at radius 2 is 2.35 bits per heavy atom. The number of amides is 1. The predicted molar refractivity (Wildman–Crippen MR) is 81.8 cm³/mol. The van der Waals surface area contributed by atoms with Crippen LogP contribution in [0.4, 0.5) is 0 Å².